The molecular weight excluding hydrogens is 595 g/mol. The molecule has 0 atom stereocenters. The van der Waals surface area contributed by atoms with Gasteiger partial charge in [-0.2, -0.15) is 16.8 Å². The number of nitrogen functional groups attached to an aromatic ring is 5. The summed E-state index contributed by atoms with van der Waals surface area (Å²) in [5.74, 6) is 1.20. The summed E-state index contributed by atoms with van der Waals surface area (Å²) in [4.78, 5) is 14.9. The van der Waals surface area contributed by atoms with E-state index in [1.54, 1.807) is 0 Å². The van der Waals surface area contributed by atoms with Crippen LogP contribution in [0, 0.1) is 0 Å². The number of aromatic nitrogens is 4. The van der Waals surface area contributed by atoms with Gasteiger partial charge in [0.25, 0.3) is 20.2 Å². The summed E-state index contributed by atoms with van der Waals surface area (Å²) in [7, 11) is -9.52. The topological polar surface area (TPSA) is 315 Å². The summed E-state index contributed by atoms with van der Waals surface area (Å²) in [6, 6.07) is 2.20. The van der Waals surface area contributed by atoms with E-state index in [4.69, 9.17) is 28.7 Å². The minimum Gasteiger partial charge on any atom is -0.393 e. The van der Waals surface area contributed by atoms with Gasteiger partial charge in [-0.3, -0.25) is 9.11 Å². The molecule has 0 saturated heterocycles. The Bertz CT molecular complexity index is 1590. The van der Waals surface area contributed by atoms with E-state index in [0.717, 1.165) is 25.0 Å². The van der Waals surface area contributed by atoms with Crippen molar-refractivity contribution in [3.8, 4) is 0 Å². The summed E-state index contributed by atoms with van der Waals surface area (Å²) in [5, 5.41) is 8.04. The number of nitrogens with zero attached hydrogens (tertiary/aromatic N) is 6. The Hall–Kier alpha value is -3.50. The van der Waals surface area contributed by atoms with Gasteiger partial charge in [0.15, 0.2) is 39.3 Å². The van der Waals surface area contributed by atoms with Gasteiger partial charge in [0.2, 0.25) is 0 Å². The molecule has 3 aromatic rings. The number of hydrogen-bond donors (Lipinski definition) is 7. The molecule has 21 heteroatoms. The molecule has 0 unspecified atom stereocenters. The third-order valence-electron chi connectivity index (χ3n) is 4.67. The van der Waals surface area contributed by atoms with Crippen molar-refractivity contribution in [3.63, 3.8) is 0 Å². The molecule has 0 fully saturated rings. The van der Waals surface area contributed by atoms with E-state index in [1.807, 2.05) is 0 Å². The summed E-state index contributed by atoms with van der Waals surface area (Å²) in [5.41, 5.74) is 28.2. The lowest BCUT2D eigenvalue weighted by atomic mass is 10.3. The predicted molar refractivity (Wildman–Crippen MR) is 147 cm³/mol. The first-order valence-electron chi connectivity index (χ1n) is 10.5. The molecule has 210 valence electrons. The lowest BCUT2D eigenvalue weighted by Gasteiger charge is -2.07. The normalized spacial score (nSPS) is 12.3. The van der Waals surface area contributed by atoms with Crippen molar-refractivity contribution in [2.24, 2.45) is 10.2 Å². The van der Waals surface area contributed by atoms with E-state index in [0.29, 0.717) is 22.7 Å². The van der Waals surface area contributed by atoms with E-state index in [2.05, 4.69) is 30.2 Å². The Morgan fingerprint density at radius 2 is 1.21 bits per heavy atom. The molecule has 3 rings (SSSR count). The maximum Gasteiger partial charge on any atom is 0.296 e. The van der Waals surface area contributed by atoms with E-state index < -0.39 is 35.7 Å². The third kappa shape index (κ3) is 8.00. The van der Waals surface area contributed by atoms with Gasteiger partial charge in [0.05, 0.1) is 4.90 Å². The quantitative estimate of drug-likeness (QED) is 0.0529. The van der Waals surface area contributed by atoms with Crippen molar-refractivity contribution in [2.45, 2.75) is 32.9 Å². The number of nitrogens with two attached hydrogens (primary N) is 5. The monoisotopic (exact) mass is 617 g/mol. The van der Waals surface area contributed by atoms with Crippen LogP contribution in [-0.4, -0.2) is 57.4 Å². The maximum atomic E-state index is 11.6. The van der Waals surface area contributed by atoms with E-state index in [1.165, 1.54) is 23.5 Å². The van der Waals surface area contributed by atoms with Gasteiger partial charge in [-0.15, -0.1) is 10.2 Å². The van der Waals surface area contributed by atoms with Gasteiger partial charge in [-0.25, -0.2) is 19.9 Å². The molecule has 0 aliphatic heterocycles. The second-order valence-electron chi connectivity index (χ2n) is 7.50. The van der Waals surface area contributed by atoms with Crippen molar-refractivity contribution >= 4 is 84.1 Å². The molecule has 0 bridgehead atoms. The summed E-state index contributed by atoms with van der Waals surface area (Å²) >= 11 is 2.65. The number of azo groups is 1. The fourth-order valence-corrected chi connectivity index (χ4v) is 5.59. The zero-order valence-corrected chi connectivity index (χ0v) is 23.1. The van der Waals surface area contributed by atoms with Crippen LogP contribution in [0.5, 0.6) is 0 Å². The molecule has 0 spiro atoms. The molecule has 0 amide bonds. The van der Waals surface area contributed by atoms with Gasteiger partial charge in [-0.1, -0.05) is 23.5 Å². The van der Waals surface area contributed by atoms with Crippen molar-refractivity contribution in [2.75, 3.05) is 40.2 Å². The molecule has 0 aliphatic rings. The van der Waals surface area contributed by atoms with Crippen LogP contribution < -0.4 is 28.7 Å². The number of anilines is 5. The Labute approximate surface area is 231 Å². The highest BCUT2D eigenvalue weighted by atomic mass is 32.2. The molecule has 2 aromatic heterocycles. The van der Waals surface area contributed by atoms with Crippen LogP contribution in [0.3, 0.4) is 0 Å². The van der Waals surface area contributed by atoms with Gasteiger partial charge in [0.1, 0.15) is 16.3 Å². The average Bonchev–Trinajstić information content (AvgIpc) is 2.82. The lowest BCUT2D eigenvalue weighted by molar-refractivity contribution is 0.478. The molecule has 0 saturated carbocycles. The largest absolute Gasteiger partial charge is 0.393 e. The standard InChI is InChI=1S/C18H23N11O6S4/c19-11-13(20)24-17(25-14(11)21)36-5-1-2-6-37-18-26-15(22)12(16(23)27-18)29-28-9-7-8(38(30,31)32)3-4-10(9)39(33,34)35/h3-4,7H,1-2,5-6,19H2,(H,30,31,32)(H,33,34,35)(H4,20,21,24,25)(H4,22,23,26,27). The Morgan fingerprint density at radius 3 is 1.67 bits per heavy atom. The number of rotatable bonds is 11. The molecule has 39 heavy (non-hydrogen) atoms. The maximum absolute atomic E-state index is 11.6. The number of benzene rings is 1. The average molecular weight is 618 g/mol. The highest BCUT2D eigenvalue weighted by Crippen LogP contribution is 2.34. The minimum absolute atomic E-state index is 0.126. The Kier molecular flexibility index (Phi) is 9.34. The zero-order chi connectivity index (χ0) is 29.0. The molecule has 0 aliphatic carbocycles. The lowest BCUT2D eigenvalue weighted by Crippen LogP contribution is -2.06. The van der Waals surface area contributed by atoms with E-state index >= 15 is 0 Å². The van der Waals surface area contributed by atoms with Crippen LogP contribution in [0.1, 0.15) is 12.8 Å². The second kappa shape index (κ2) is 12.1. The summed E-state index contributed by atoms with van der Waals surface area (Å²) < 4.78 is 64.7. The second-order valence-corrected chi connectivity index (χ2v) is 12.4. The first-order valence-corrected chi connectivity index (χ1v) is 15.4. The minimum atomic E-state index is -4.82. The van der Waals surface area contributed by atoms with Crippen LogP contribution in [0.15, 0.2) is 48.5 Å². The number of thioether (sulfide) groups is 2. The van der Waals surface area contributed by atoms with Gasteiger partial charge in [0, 0.05) is 11.5 Å². The molecule has 17 nitrogen and oxygen atoms in total. The van der Waals surface area contributed by atoms with E-state index in [9.17, 15) is 25.9 Å². The molecule has 2 heterocycles. The SMILES string of the molecule is Nc1nc(SCCCCSc2nc(N)c(N=Nc3cc(S(=O)(=O)O)ccc3S(=O)(=O)O)c(N)n2)nc(N)c1N. The number of unbranched alkanes of at least 4 members (excludes halogenated alkanes) is 1. The zero-order valence-electron chi connectivity index (χ0n) is 19.8. The van der Waals surface area contributed by atoms with Crippen molar-refractivity contribution in [3.05, 3.63) is 18.2 Å². The van der Waals surface area contributed by atoms with Crippen LogP contribution in [0.25, 0.3) is 0 Å². The van der Waals surface area contributed by atoms with Gasteiger partial charge < -0.3 is 28.7 Å². The summed E-state index contributed by atoms with van der Waals surface area (Å²) in [6.45, 7) is 0. The van der Waals surface area contributed by atoms with Crippen LogP contribution in [0.4, 0.5) is 40.3 Å². The first-order chi connectivity index (χ1) is 18.2. The predicted octanol–water partition coefficient (Wildman–Crippen LogP) is 1.75. The van der Waals surface area contributed by atoms with Gasteiger partial charge in [-0.05, 0) is 31.0 Å². The van der Waals surface area contributed by atoms with E-state index in [-0.39, 0.29) is 39.8 Å². The Balaban J connectivity index is 1.64. The van der Waals surface area contributed by atoms with Crippen molar-refractivity contribution < 1.29 is 25.9 Å². The van der Waals surface area contributed by atoms with Crippen LogP contribution in [-0.2, 0) is 20.2 Å². The molecule has 0 radical (unpaired) electrons. The molecule has 12 N–H and O–H groups in total. The number of hydrogen-bond acceptors (Lipinski definition) is 17. The first kappa shape index (κ1) is 30.0. The summed E-state index contributed by atoms with van der Waals surface area (Å²) in [6.07, 6.45) is 1.56. The Morgan fingerprint density at radius 1 is 0.718 bits per heavy atom. The fourth-order valence-electron chi connectivity index (χ4n) is 2.77. The van der Waals surface area contributed by atoms with Crippen LogP contribution in [0.2, 0.25) is 0 Å². The third-order valence-corrected chi connectivity index (χ3v) is 8.28. The highest BCUT2D eigenvalue weighted by Gasteiger charge is 2.20. The molecular formula is C18H23N11O6S4. The van der Waals surface area contributed by atoms with Crippen molar-refractivity contribution in [1.29, 1.82) is 0 Å². The molecule has 1 aromatic carbocycles. The van der Waals surface area contributed by atoms with Crippen LogP contribution >= 0.6 is 23.5 Å². The smallest absolute Gasteiger partial charge is 0.296 e. The highest BCUT2D eigenvalue weighted by molar-refractivity contribution is 7.99. The van der Waals surface area contributed by atoms with Crippen molar-refractivity contribution in [1.82, 2.24) is 19.9 Å². The fraction of sp³-hybridized carbons (Fsp3) is 0.222. The van der Waals surface area contributed by atoms with Gasteiger partial charge >= 0.3 is 0 Å².